The molecule has 5 aromatic carbocycles. The van der Waals surface area contributed by atoms with Crippen LogP contribution in [-0.2, 0) is 5.41 Å². The third-order valence-corrected chi connectivity index (χ3v) is 11.2. The number of hydrogen-bond donors (Lipinski definition) is 0. The van der Waals surface area contributed by atoms with Crippen LogP contribution in [0.5, 0.6) is 0 Å². The summed E-state index contributed by atoms with van der Waals surface area (Å²) >= 11 is 0. The highest BCUT2D eigenvalue weighted by atomic mass is 15.0. The van der Waals surface area contributed by atoms with E-state index < -0.39 is 0 Å². The fraction of sp³-hybridized carbons (Fsp3) is 0.255. The highest BCUT2D eigenvalue weighted by Crippen LogP contribution is 2.54. The Morgan fingerprint density at radius 1 is 0.538 bits per heavy atom. The molecule has 0 N–H and O–H groups in total. The zero-order valence-corrected chi connectivity index (χ0v) is 30.0. The normalized spacial score (nSPS) is 20.8. The molecule has 5 heteroatoms. The first kappa shape index (κ1) is 33.2. The topological polar surface area (TPSA) is 86.2 Å². The van der Waals surface area contributed by atoms with Gasteiger partial charge in [0.2, 0.25) is 0 Å². The van der Waals surface area contributed by atoms with Gasteiger partial charge >= 0.3 is 0 Å². The molecule has 2 aliphatic rings. The van der Waals surface area contributed by atoms with E-state index in [2.05, 4.69) is 99.6 Å². The SMILES string of the molecule is Cc1cccc(-c2cc(-c3ccc(C45C[C@H](C)C[C@H](C[C@H](C)C4)C5)cc3)ccc2-c2nc(-c3ccc(C#N)cc3)nc(-c3cccc(C#N)c3)n2)c1. The smallest absolute Gasteiger partial charge is 0.164 e. The second kappa shape index (κ2) is 13.7. The number of aryl methyl sites for hydroxylation is 1. The van der Waals surface area contributed by atoms with Gasteiger partial charge < -0.3 is 0 Å². The molecule has 2 fully saturated rings. The number of aromatic nitrogens is 3. The zero-order chi connectivity index (χ0) is 35.8. The maximum absolute atomic E-state index is 9.64. The van der Waals surface area contributed by atoms with E-state index >= 15 is 0 Å². The highest BCUT2D eigenvalue weighted by Gasteiger charge is 2.45. The maximum Gasteiger partial charge on any atom is 0.164 e. The van der Waals surface area contributed by atoms with Gasteiger partial charge in [-0.25, -0.2) is 15.0 Å². The summed E-state index contributed by atoms with van der Waals surface area (Å²) < 4.78 is 0. The molecule has 1 heterocycles. The molecule has 2 aliphatic carbocycles. The average molecular weight is 676 g/mol. The van der Waals surface area contributed by atoms with E-state index in [9.17, 15) is 10.5 Å². The van der Waals surface area contributed by atoms with Gasteiger partial charge in [-0.3, -0.25) is 0 Å². The summed E-state index contributed by atoms with van der Waals surface area (Å²) in [7, 11) is 0. The summed E-state index contributed by atoms with van der Waals surface area (Å²) in [6.45, 7) is 7.01. The first-order chi connectivity index (χ1) is 25.3. The molecule has 1 aromatic heterocycles. The van der Waals surface area contributed by atoms with Crippen LogP contribution >= 0.6 is 0 Å². The molecule has 0 saturated heterocycles. The Kier molecular flexibility index (Phi) is 8.74. The van der Waals surface area contributed by atoms with Gasteiger partial charge in [0.05, 0.1) is 23.3 Å². The van der Waals surface area contributed by atoms with E-state index in [0.29, 0.717) is 34.0 Å². The van der Waals surface area contributed by atoms with Crippen LogP contribution in [0.3, 0.4) is 0 Å². The van der Waals surface area contributed by atoms with Gasteiger partial charge in [-0.15, -0.1) is 0 Å². The molecule has 2 saturated carbocycles. The van der Waals surface area contributed by atoms with Crippen molar-refractivity contribution in [2.45, 2.75) is 58.3 Å². The first-order valence-corrected chi connectivity index (χ1v) is 18.4. The third kappa shape index (κ3) is 6.52. The molecule has 2 bridgehead atoms. The summed E-state index contributed by atoms with van der Waals surface area (Å²) in [5.74, 6) is 3.92. The Morgan fingerprint density at radius 2 is 1.15 bits per heavy atom. The first-order valence-electron chi connectivity index (χ1n) is 18.4. The van der Waals surface area contributed by atoms with Crippen molar-refractivity contribution in [1.29, 1.82) is 10.5 Å². The third-order valence-electron chi connectivity index (χ3n) is 11.2. The van der Waals surface area contributed by atoms with E-state index in [4.69, 9.17) is 15.0 Å². The van der Waals surface area contributed by atoms with Crippen LogP contribution in [-0.4, -0.2) is 15.0 Å². The van der Waals surface area contributed by atoms with Gasteiger partial charge in [-0.1, -0.05) is 86.1 Å². The van der Waals surface area contributed by atoms with Gasteiger partial charge in [0.25, 0.3) is 0 Å². The van der Waals surface area contributed by atoms with Crippen LogP contribution in [0.25, 0.3) is 56.4 Å². The van der Waals surface area contributed by atoms with Crippen LogP contribution in [0.15, 0.2) is 115 Å². The van der Waals surface area contributed by atoms with E-state index in [0.717, 1.165) is 51.1 Å². The zero-order valence-electron chi connectivity index (χ0n) is 30.0. The van der Waals surface area contributed by atoms with E-state index in [-0.39, 0.29) is 0 Å². The molecule has 52 heavy (non-hydrogen) atoms. The Labute approximate surface area is 306 Å². The highest BCUT2D eigenvalue weighted by molar-refractivity contribution is 5.86. The Balaban J connectivity index is 1.25. The monoisotopic (exact) mass is 675 g/mol. The van der Waals surface area contributed by atoms with E-state index in [1.165, 1.54) is 48.8 Å². The number of fused-ring (bicyclic) bond motifs is 2. The Hall–Kier alpha value is -5.91. The lowest BCUT2D eigenvalue weighted by atomic mass is 9.54. The van der Waals surface area contributed by atoms with Crippen LogP contribution in [0, 0.1) is 47.3 Å². The van der Waals surface area contributed by atoms with Crippen LogP contribution in [0.4, 0.5) is 0 Å². The quantitative estimate of drug-likeness (QED) is 0.175. The molecule has 4 atom stereocenters. The predicted molar refractivity (Wildman–Crippen MR) is 208 cm³/mol. The number of rotatable bonds is 6. The Bertz CT molecular complexity index is 2340. The predicted octanol–water partition coefficient (Wildman–Crippen LogP) is 11.4. The van der Waals surface area contributed by atoms with Crippen LogP contribution in [0.1, 0.15) is 68.2 Å². The minimum absolute atomic E-state index is 0.297. The van der Waals surface area contributed by atoms with Crippen molar-refractivity contribution in [2.24, 2.45) is 17.8 Å². The number of hydrogen-bond acceptors (Lipinski definition) is 5. The van der Waals surface area contributed by atoms with Crippen LogP contribution < -0.4 is 0 Å². The minimum Gasteiger partial charge on any atom is -0.208 e. The lowest BCUT2D eigenvalue weighted by Gasteiger charge is -2.50. The molecule has 8 rings (SSSR count). The number of nitrogens with zero attached hydrogens (tertiary/aromatic N) is 5. The van der Waals surface area contributed by atoms with Gasteiger partial charge in [0, 0.05) is 16.7 Å². The lowest BCUT2D eigenvalue weighted by molar-refractivity contribution is 0.0780. The van der Waals surface area contributed by atoms with Gasteiger partial charge in [-0.2, -0.15) is 10.5 Å². The molecule has 0 radical (unpaired) electrons. The average Bonchev–Trinajstić information content (AvgIpc) is 3.17. The summed E-state index contributed by atoms with van der Waals surface area (Å²) in [6.07, 6.45) is 6.66. The fourth-order valence-electron chi connectivity index (χ4n) is 9.22. The van der Waals surface area contributed by atoms with Crippen molar-refractivity contribution in [1.82, 2.24) is 15.0 Å². The van der Waals surface area contributed by atoms with Crippen molar-refractivity contribution in [3.8, 4) is 68.6 Å². The van der Waals surface area contributed by atoms with Gasteiger partial charge in [0.1, 0.15) is 0 Å². The summed E-state index contributed by atoms with van der Waals surface area (Å²) in [5.41, 5.74) is 10.9. The number of nitriles is 2. The number of benzene rings is 5. The molecule has 1 unspecified atom stereocenters. The Morgan fingerprint density at radius 3 is 1.85 bits per heavy atom. The van der Waals surface area contributed by atoms with Crippen LogP contribution in [0.2, 0.25) is 0 Å². The lowest BCUT2D eigenvalue weighted by Crippen LogP contribution is -2.42. The van der Waals surface area contributed by atoms with E-state index in [1.54, 1.807) is 24.3 Å². The fourth-order valence-corrected chi connectivity index (χ4v) is 9.22. The van der Waals surface area contributed by atoms with Gasteiger partial charge in [-0.05, 0) is 139 Å². The second-order valence-electron chi connectivity index (χ2n) is 15.3. The van der Waals surface area contributed by atoms with Crippen molar-refractivity contribution < 1.29 is 0 Å². The molecule has 254 valence electrons. The summed E-state index contributed by atoms with van der Waals surface area (Å²) in [6, 6.07) is 43.6. The molecular formula is C47H41N5. The summed E-state index contributed by atoms with van der Waals surface area (Å²) in [4.78, 5) is 15.0. The maximum atomic E-state index is 9.64. The standard InChI is InChI=1S/C47H41N5/c1-30-6-4-8-39(22-30)43-24-38(36-14-17-41(18-15-36)47-25-31(2)20-35(27-47)21-32(3)26-47)16-19-42(43)46-51-44(37-12-10-33(28-48)11-13-37)50-45(52-46)40-9-5-7-34(23-40)29-49/h4-19,22-24,31-32,35H,20-21,25-27H2,1-3H3/t31-,32+,35-,47?. The molecule has 0 aliphatic heterocycles. The van der Waals surface area contributed by atoms with E-state index in [1.807, 2.05) is 24.3 Å². The molecular weight excluding hydrogens is 635 g/mol. The summed E-state index contributed by atoms with van der Waals surface area (Å²) in [5, 5.41) is 19.0. The van der Waals surface area contributed by atoms with Crippen molar-refractivity contribution in [2.75, 3.05) is 0 Å². The molecule has 5 nitrogen and oxygen atoms in total. The largest absolute Gasteiger partial charge is 0.208 e. The minimum atomic E-state index is 0.297. The molecule has 0 amide bonds. The van der Waals surface area contributed by atoms with Crippen molar-refractivity contribution >= 4 is 0 Å². The molecule has 6 aromatic rings. The van der Waals surface area contributed by atoms with Gasteiger partial charge in [0.15, 0.2) is 17.5 Å². The molecule has 0 spiro atoms. The van der Waals surface area contributed by atoms with Crippen molar-refractivity contribution in [3.63, 3.8) is 0 Å². The van der Waals surface area contributed by atoms with Crippen molar-refractivity contribution in [3.05, 3.63) is 138 Å². The second-order valence-corrected chi connectivity index (χ2v) is 15.3.